The van der Waals surface area contributed by atoms with Gasteiger partial charge < -0.3 is 10.5 Å². The van der Waals surface area contributed by atoms with E-state index < -0.39 is 0 Å². The molecule has 0 aliphatic carbocycles. The third-order valence-corrected chi connectivity index (χ3v) is 2.56. The Labute approximate surface area is 99.3 Å². The first-order valence-electron chi connectivity index (χ1n) is 5.16. The van der Waals surface area contributed by atoms with Crippen molar-refractivity contribution in [3.8, 4) is 11.4 Å². The number of ether oxygens (including phenoxy) is 1. The summed E-state index contributed by atoms with van der Waals surface area (Å²) in [6.07, 6.45) is 3.44. The molecule has 3 N–H and O–H groups in total. The molecule has 0 unspecified atom stereocenters. The van der Waals surface area contributed by atoms with Gasteiger partial charge >= 0.3 is 0 Å². The van der Waals surface area contributed by atoms with Crippen LogP contribution in [0, 0.1) is 12.3 Å². The number of rotatable bonds is 3. The van der Waals surface area contributed by atoms with Crippen LogP contribution < -0.4 is 10.5 Å². The molecule has 0 aliphatic heterocycles. The van der Waals surface area contributed by atoms with Gasteiger partial charge in [0.25, 0.3) is 0 Å². The molecule has 0 saturated heterocycles. The molecule has 1 heterocycles. The van der Waals surface area contributed by atoms with Crippen LogP contribution in [0.25, 0.3) is 5.69 Å². The summed E-state index contributed by atoms with van der Waals surface area (Å²) in [4.78, 5) is 0. The molecule has 0 aliphatic rings. The lowest BCUT2D eigenvalue weighted by atomic mass is 10.1. The number of hydrogen-bond donors (Lipinski definition) is 2. The first kappa shape index (κ1) is 11.2. The third-order valence-electron chi connectivity index (χ3n) is 2.56. The molecular formula is C12H14N4O. The van der Waals surface area contributed by atoms with E-state index in [2.05, 4.69) is 5.10 Å². The van der Waals surface area contributed by atoms with Gasteiger partial charge in [0.1, 0.15) is 5.84 Å². The number of amidine groups is 1. The summed E-state index contributed by atoms with van der Waals surface area (Å²) in [5.41, 5.74) is 8.07. The maximum atomic E-state index is 7.42. The van der Waals surface area contributed by atoms with Gasteiger partial charge in [-0.15, -0.1) is 0 Å². The summed E-state index contributed by atoms with van der Waals surface area (Å²) in [7, 11) is 1.60. The summed E-state index contributed by atoms with van der Waals surface area (Å²) in [6.45, 7) is 1.92. The topological polar surface area (TPSA) is 76.9 Å². The summed E-state index contributed by atoms with van der Waals surface area (Å²) in [5.74, 6) is 0.783. The Hall–Kier alpha value is -2.30. The van der Waals surface area contributed by atoms with E-state index >= 15 is 0 Å². The fourth-order valence-electron chi connectivity index (χ4n) is 1.65. The highest BCUT2D eigenvalue weighted by Gasteiger charge is 2.05. The van der Waals surface area contributed by atoms with E-state index in [0.717, 1.165) is 16.8 Å². The molecule has 17 heavy (non-hydrogen) atoms. The number of aromatic nitrogens is 2. The Morgan fingerprint density at radius 1 is 1.47 bits per heavy atom. The van der Waals surface area contributed by atoms with Crippen LogP contribution in [0.2, 0.25) is 0 Å². The smallest absolute Gasteiger partial charge is 0.157 e. The van der Waals surface area contributed by atoms with Crippen LogP contribution >= 0.6 is 0 Å². The van der Waals surface area contributed by atoms with Crippen molar-refractivity contribution in [1.29, 1.82) is 5.41 Å². The van der Waals surface area contributed by atoms with Crippen LogP contribution in [0.5, 0.6) is 5.75 Å². The maximum absolute atomic E-state index is 7.42. The average molecular weight is 230 g/mol. The molecule has 0 radical (unpaired) electrons. The Kier molecular flexibility index (Phi) is 2.82. The van der Waals surface area contributed by atoms with Gasteiger partial charge in [0.2, 0.25) is 0 Å². The lowest BCUT2D eigenvalue weighted by Gasteiger charge is -2.07. The first-order chi connectivity index (χ1) is 8.11. The highest BCUT2D eigenvalue weighted by molar-refractivity contribution is 5.96. The van der Waals surface area contributed by atoms with Gasteiger partial charge in [0.15, 0.2) is 5.75 Å². The molecule has 2 rings (SSSR count). The Balaban J connectivity index is 2.40. The van der Waals surface area contributed by atoms with E-state index in [4.69, 9.17) is 15.9 Å². The maximum Gasteiger partial charge on any atom is 0.157 e. The zero-order valence-electron chi connectivity index (χ0n) is 9.77. The van der Waals surface area contributed by atoms with E-state index in [1.165, 1.54) is 0 Å². The van der Waals surface area contributed by atoms with Crippen molar-refractivity contribution in [1.82, 2.24) is 9.78 Å². The normalized spacial score (nSPS) is 10.2. The molecule has 0 fully saturated rings. The molecule has 0 spiro atoms. The predicted octanol–water partition coefficient (Wildman–Crippen LogP) is 1.47. The zero-order chi connectivity index (χ0) is 12.4. The van der Waals surface area contributed by atoms with E-state index in [9.17, 15) is 0 Å². The number of nitrogens with two attached hydrogens (primary N) is 1. The Bertz CT molecular complexity index is 559. The SMILES string of the molecule is COc1cnn(-c2ccc(C(=N)N)c(C)c2)c1. The lowest BCUT2D eigenvalue weighted by Crippen LogP contribution is -2.13. The summed E-state index contributed by atoms with van der Waals surface area (Å²) < 4.78 is 6.79. The molecule has 0 atom stereocenters. The van der Waals surface area contributed by atoms with Crippen LogP contribution in [-0.4, -0.2) is 22.7 Å². The van der Waals surface area contributed by atoms with Crippen LogP contribution in [-0.2, 0) is 0 Å². The molecule has 2 aromatic rings. The standard InChI is InChI=1S/C12H14N4O/c1-8-5-9(3-4-11(8)12(13)14)16-7-10(17-2)6-15-16/h3-7H,1-2H3,(H3,13,14). The van der Waals surface area contributed by atoms with Gasteiger partial charge in [0.05, 0.1) is 25.2 Å². The number of nitrogen functional groups attached to an aromatic ring is 1. The summed E-state index contributed by atoms with van der Waals surface area (Å²) in [5, 5.41) is 11.6. The number of nitrogens with one attached hydrogen (secondary N) is 1. The fraction of sp³-hybridized carbons (Fsp3) is 0.167. The van der Waals surface area contributed by atoms with Gasteiger partial charge in [-0.25, -0.2) is 4.68 Å². The quantitative estimate of drug-likeness (QED) is 0.619. The molecule has 5 heteroatoms. The zero-order valence-corrected chi connectivity index (χ0v) is 9.77. The van der Waals surface area contributed by atoms with Gasteiger partial charge in [-0.2, -0.15) is 5.10 Å². The molecule has 0 amide bonds. The lowest BCUT2D eigenvalue weighted by molar-refractivity contribution is 0.414. The highest BCUT2D eigenvalue weighted by atomic mass is 16.5. The highest BCUT2D eigenvalue weighted by Crippen LogP contribution is 2.16. The van der Waals surface area contributed by atoms with E-state index in [1.54, 1.807) is 24.2 Å². The summed E-state index contributed by atoms with van der Waals surface area (Å²) in [6, 6.07) is 5.63. The molecule has 88 valence electrons. The molecule has 1 aromatic carbocycles. The first-order valence-corrected chi connectivity index (χ1v) is 5.16. The number of nitrogens with zero attached hydrogens (tertiary/aromatic N) is 2. The van der Waals surface area contributed by atoms with Crippen LogP contribution in [0.4, 0.5) is 0 Å². The molecule has 1 aromatic heterocycles. The van der Waals surface area contributed by atoms with Gasteiger partial charge in [-0.05, 0) is 30.7 Å². The number of methoxy groups -OCH3 is 1. The van der Waals surface area contributed by atoms with Crippen molar-refractivity contribution < 1.29 is 4.74 Å². The molecule has 0 bridgehead atoms. The van der Waals surface area contributed by atoms with Crippen molar-refractivity contribution >= 4 is 5.84 Å². The Morgan fingerprint density at radius 3 is 2.76 bits per heavy atom. The molecule has 5 nitrogen and oxygen atoms in total. The third kappa shape index (κ3) is 2.13. The van der Waals surface area contributed by atoms with E-state index in [-0.39, 0.29) is 5.84 Å². The van der Waals surface area contributed by atoms with E-state index in [0.29, 0.717) is 5.75 Å². The average Bonchev–Trinajstić information content (AvgIpc) is 2.76. The number of benzene rings is 1. The summed E-state index contributed by atoms with van der Waals surface area (Å²) >= 11 is 0. The molecular weight excluding hydrogens is 216 g/mol. The van der Waals surface area contributed by atoms with Crippen molar-refractivity contribution in [3.63, 3.8) is 0 Å². The van der Waals surface area contributed by atoms with Crippen molar-refractivity contribution in [3.05, 3.63) is 41.7 Å². The second-order valence-electron chi connectivity index (χ2n) is 3.74. The van der Waals surface area contributed by atoms with Gasteiger partial charge in [0, 0.05) is 5.56 Å². The fourth-order valence-corrected chi connectivity index (χ4v) is 1.65. The van der Waals surface area contributed by atoms with Crippen LogP contribution in [0.15, 0.2) is 30.6 Å². The minimum Gasteiger partial charge on any atom is -0.493 e. The minimum atomic E-state index is 0.0760. The number of hydrogen-bond acceptors (Lipinski definition) is 3. The van der Waals surface area contributed by atoms with E-state index in [1.807, 2.05) is 25.1 Å². The molecule has 0 saturated carbocycles. The predicted molar refractivity (Wildman–Crippen MR) is 65.9 cm³/mol. The monoisotopic (exact) mass is 230 g/mol. The van der Waals surface area contributed by atoms with Crippen molar-refractivity contribution in [2.45, 2.75) is 6.92 Å². The van der Waals surface area contributed by atoms with Crippen LogP contribution in [0.3, 0.4) is 0 Å². The van der Waals surface area contributed by atoms with Crippen molar-refractivity contribution in [2.75, 3.05) is 7.11 Å². The largest absolute Gasteiger partial charge is 0.493 e. The number of aryl methyl sites for hydroxylation is 1. The second kappa shape index (κ2) is 4.29. The second-order valence-corrected chi connectivity index (χ2v) is 3.74. The van der Waals surface area contributed by atoms with Crippen LogP contribution in [0.1, 0.15) is 11.1 Å². The van der Waals surface area contributed by atoms with Gasteiger partial charge in [-0.1, -0.05) is 0 Å². The van der Waals surface area contributed by atoms with Gasteiger partial charge in [-0.3, -0.25) is 5.41 Å². The Morgan fingerprint density at radius 2 is 2.24 bits per heavy atom. The minimum absolute atomic E-state index is 0.0760. The van der Waals surface area contributed by atoms with Crippen molar-refractivity contribution in [2.24, 2.45) is 5.73 Å².